The summed E-state index contributed by atoms with van der Waals surface area (Å²) < 4.78 is 10.4. The summed E-state index contributed by atoms with van der Waals surface area (Å²) in [5.41, 5.74) is 9.76. The quantitative estimate of drug-likeness (QED) is 0.594. The normalized spacial score (nSPS) is 10.9. The van der Waals surface area contributed by atoms with Gasteiger partial charge in [0.15, 0.2) is 6.29 Å². The summed E-state index contributed by atoms with van der Waals surface area (Å²) in [6.45, 7) is 3.97. The molecule has 0 spiro atoms. The van der Waals surface area contributed by atoms with Crippen LogP contribution in [0.25, 0.3) is 0 Å². The second-order valence-electron chi connectivity index (χ2n) is 3.37. The Bertz CT molecular complexity index is 319. The highest BCUT2D eigenvalue weighted by Gasteiger charge is 2.13. The molecule has 1 rings (SSSR count). The van der Waals surface area contributed by atoms with Crippen molar-refractivity contribution in [3.8, 4) is 0 Å². The van der Waals surface area contributed by atoms with Crippen molar-refractivity contribution >= 4 is 5.69 Å². The number of nitrogen functional groups attached to an aromatic ring is 1. The van der Waals surface area contributed by atoms with E-state index in [9.17, 15) is 0 Å². The van der Waals surface area contributed by atoms with Gasteiger partial charge in [-0.2, -0.15) is 0 Å². The Hall–Kier alpha value is -1.06. The van der Waals surface area contributed by atoms with E-state index in [0.717, 1.165) is 22.4 Å². The summed E-state index contributed by atoms with van der Waals surface area (Å²) in [5.74, 6) is 0. The zero-order valence-corrected chi connectivity index (χ0v) is 9.13. The fourth-order valence-corrected chi connectivity index (χ4v) is 1.51. The van der Waals surface area contributed by atoms with Crippen molar-refractivity contribution < 1.29 is 9.47 Å². The second kappa shape index (κ2) is 4.44. The van der Waals surface area contributed by atoms with Crippen LogP contribution in [0, 0.1) is 13.8 Å². The van der Waals surface area contributed by atoms with E-state index in [1.54, 1.807) is 14.2 Å². The van der Waals surface area contributed by atoms with Crippen molar-refractivity contribution in [3.63, 3.8) is 0 Å². The topological polar surface area (TPSA) is 44.5 Å². The second-order valence-corrected chi connectivity index (χ2v) is 3.37. The largest absolute Gasteiger partial charge is 0.398 e. The first kappa shape index (κ1) is 11.0. The predicted molar refractivity (Wildman–Crippen MR) is 57.1 cm³/mol. The molecule has 1 aromatic carbocycles. The van der Waals surface area contributed by atoms with Crippen molar-refractivity contribution in [2.45, 2.75) is 20.1 Å². The molecule has 0 saturated carbocycles. The Balaban J connectivity index is 3.18. The third-order valence-corrected chi connectivity index (χ3v) is 2.31. The van der Waals surface area contributed by atoms with Crippen LogP contribution in [0.5, 0.6) is 0 Å². The van der Waals surface area contributed by atoms with Gasteiger partial charge in [0.25, 0.3) is 0 Å². The van der Waals surface area contributed by atoms with E-state index in [1.165, 1.54) is 0 Å². The predicted octanol–water partition coefficient (Wildman–Crippen LogP) is 2.18. The zero-order valence-electron chi connectivity index (χ0n) is 9.13. The molecule has 3 nitrogen and oxygen atoms in total. The van der Waals surface area contributed by atoms with Crippen molar-refractivity contribution in [3.05, 3.63) is 28.8 Å². The number of methoxy groups -OCH3 is 2. The van der Waals surface area contributed by atoms with Gasteiger partial charge < -0.3 is 15.2 Å². The third-order valence-electron chi connectivity index (χ3n) is 2.31. The number of rotatable bonds is 3. The number of anilines is 1. The summed E-state index contributed by atoms with van der Waals surface area (Å²) in [7, 11) is 3.23. The third kappa shape index (κ3) is 2.05. The van der Waals surface area contributed by atoms with Gasteiger partial charge in [-0.1, -0.05) is 6.07 Å². The maximum absolute atomic E-state index is 5.86. The molecule has 0 fully saturated rings. The van der Waals surface area contributed by atoms with Gasteiger partial charge in [0.1, 0.15) is 0 Å². The van der Waals surface area contributed by atoms with Crippen molar-refractivity contribution in [2.75, 3.05) is 20.0 Å². The lowest BCUT2D eigenvalue weighted by Gasteiger charge is -2.18. The maximum atomic E-state index is 5.86. The highest BCUT2D eigenvalue weighted by molar-refractivity contribution is 5.52. The molecule has 0 aliphatic carbocycles. The molecule has 78 valence electrons. The average molecular weight is 195 g/mol. The molecule has 0 unspecified atom stereocenters. The number of nitrogens with two attached hydrogens (primary N) is 1. The zero-order chi connectivity index (χ0) is 10.7. The van der Waals surface area contributed by atoms with E-state index in [1.807, 2.05) is 26.0 Å². The molecule has 14 heavy (non-hydrogen) atoms. The molecule has 0 saturated heterocycles. The Labute approximate surface area is 84.8 Å². The summed E-state index contributed by atoms with van der Waals surface area (Å²) in [4.78, 5) is 0. The van der Waals surface area contributed by atoms with Crippen molar-refractivity contribution in [1.29, 1.82) is 0 Å². The van der Waals surface area contributed by atoms with Crippen LogP contribution in [0.4, 0.5) is 5.69 Å². The van der Waals surface area contributed by atoms with Crippen LogP contribution in [0.15, 0.2) is 12.1 Å². The fraction of sp³-hybridized carbons (Fsp3) is 0.455. The molecule has 2 N–H and O–H groups in total. The lowest BCUT2D eigenvalue weighted by Crippen LogP contribution is -2.07. The molecule has 0 heterocycles. The molecule has 0 amide bonds. The smallest absolute Gasteiger partial charge is 0.183 e. The van der Waals surface area contributed by atoms with E-state index < -0.39 is 0 Å². The molecule has 0 aliphatic heterocycles. The van der Waals surface area contributed by atoms with Gasteiger partial charge in [0, 0.05) is 25.5 Å². The Morgan fingerprint density at radius 2 is 1.71 bits per heavy atom. The van der Waals surface area contributed by atoms with Crippen LogP contribution in [-0.2, 0) is 9.47 Å². The first-order chi connectivity index (χ1) is 6.60. The van der Waals surface area contributed by atoms with Gasteiger partial charge >= 0.3 is 0 Å². The Morgan fingerprint density at radius 3 is 2.21 bits per heavy atom. The van der Waals surface area contributed by atoms with Crippen LogP contribution in [-0.4, -0.2) is 14.2 Å². The standard InChI is InChI=1S/C11H17NO2/c1-7-5-9(11(13-3)14-4)8(2)10(12)6-7/h5-6,11H,12H2,1-4H3. The molecule has 0 atom stereocenters. The molecule has 0 aliphatic rings. The summed E-state index contributed by atoms with van der Waals surface area (Å²) >= 11 is 0. The van der Waals surface area contributed by atoms with Crippen LogP contribution in [0.1, 0.15) is 23.0 Å². The minimum Gasteiger partial charge on any atom is -0.398 e. The minimum atomic E-state index is -0.336. The van der Waals surface area contributed by atoms with Crippen LogP contribution in [0.3, 0.4) is 0 Å². The van der Waals surface area contributed by atoms with E-state index in [4.69, 9.17) is 15.2 Å². The number of hydrogen-bond donors (Lipinski definition) is 1. The molecule has 0 aromatic heterocycles. The maximum Gasteiger partial charge on any atom is 0.183 e. The molecule has 1 aromatic rings. The Morgan fingerprint density at radius 1 is 1.14 bits per heavy atom. The molecule has 3 heteroatoms. The van der Waals surface area contributed by atoms with Gasteiger partial charge in [-0.3, -0.25) is 0 Å². The van der Waals surface area contributed by atoms with E-state index in [2.05, 4.69) is 0 Å². The van der Waals surface area contributed by atoms with Gasteiger partial charge in [-0.15, -0.1) is 0 Å². The Kier molecular flexibility index (Phi) is 3.49. The lowest BCUT2D eigenvalue weighted by molar-refractivity contribution is -0.106. The molecular weight excluding hydrogens is 178 g/mol. The molecule has 0 bridgehead atoms. The number of benzene rings is 1. The number of hydrogen-bond acceptors (Lipinski definition) is 3. The fourth-order valence-electron chi connectivity index (χ4n) is 1.51. The summed E-state index contributed by atoms with van der Waals surface area (Å²) in [5, 5.41) is 0. The van der Waals surface area contributed by atoms with Gasteiger partial charge in [-0.05, 0) is 31.0 Å². The average Bonchev–Trinajstić information content (AvgIpc) is 2.15. The van der Waals surface area contributed by atoms with E-state index >= 15 is 0 Å². The summed E-state index contributed by atoms with van der Waals surface area (Å²) in [6.07, 6.45) is -0.336. The van der Waals surface area contributed by atoms with Crippen LogP contribution < -0.4 is 5.73 Å². The first-order valence-electron chi connectivity index (χ1n) is 4.52. The SMILES string of the molecule is COC(OC)c1cc(C)cc(N)c1C. The summed E-state index contributed by atoms with van der Waals surface area (Å²) in [6, 6.07) is 3.98. The van der Waals surface area contributed by atoms with E-state index in [-0.39, 0.29) is 6.29 Å². The first-order valence-corrected chi connectivity index (χ1v) is 4.52. The van der Waals surface area contributed by atoms with Crippen molar-refractivity contribution in [1.82, 2.24) is 0 Å². The number of aryl methyl sites for hydroxylation is 1. The minimum absolute atomic E-state index is 0.336. The van der Waals surface area contributed by atoms with Crippen molar-refractivity contribution in [2.24, 2.45) is 0 Å². The van der Waals surface area contributed by atoms with Gasteiger partial charge in [-0.25, -0.2) is 0 Å². The highest BCUT2D eigenvalue weighted by atomic mass is 16.7. The highest BCUT2D eigenvalue weighted by Crippen LogP contribution is 2.26. The lowest BCUT2D eigenvalue weighted by atomic mass is 10.0. The van der Waals surface area contributed by atoms with E-state index in [0.29, 0.717) is 0 Å². The van der Waals surface area contributed by atoms with Gasteiger partial charge in [0.05, 0.1) is 0 Å². The monoisotopic (exact) mass is 195 g/mol. The molecule has 0 radical (unpaired) electrons. The number of ether oxygens (including phenoxy) is 2. The van der Waals surface area contributed by atoms with Crippen LogP contribution >= 0.6 is 0 Å². The van der Waals surface area contributed by atoms with Gasteiger partial charge in [0.2, 0.25) is 0 Å². The van der Waals surface area contributed by atoms with Crippen LogP contribution in [0.2, 0.25) is 0 Å². The molecular formula is C11H17NO2.